The van der Waals surface area contributed by atoms with Crippen LogP contribution in [0.2, 0.25) is 0 Å². The van der Waals surface area contributed by atoms with Crippen molar-refractivity contribution in [3.8, 4) is 0 Å². The molecule has 1 fully saturated rings. The number of aliphatic hydroxyl groups excluding tert-OH is 4. The monoisotopic (exact) mass is 223 g/mol. The first kappa shape index (κ1) is 12.8. The molecule has 90 valence electrons. The van der Waals surface area contributed by atoms with Gasteiger partial charge in [-0.05, 0) is 6.54 Å². The summed E-state index contributed by atoms with van der Waals surface area (Å²) < 4.78 is 4.92. The van der Waals surface area contributed by atoms with Crippen molar-refractivity contribution in [1.29, 1.82) is 0 Å². The SMILES string of the molecule is NCCC1(O)O[C@H](CO)[C@@H](O)[C@H](O)[C@H]1O. The molecule has 0 bridgehead atoms. The predicted octanol–water partition coefficient (Wildman–Crippen LogP) is -3.50. The van der Waals surface area contributed by atoms with Crippen LogP contribution in [0.5, 0.6) is 0 Å². The van der Waals surface area contributed by atoms with Crippen LogP contribution in [0.1, 0.15) is 6.42 Å². The van der Waals surface area contributed by atoms with E-state index in [0.29, 0.717) is 0 Å². The van der Waals surface area contributed by atoms with Crippen LogP contribution >= 0.6 is 0 Å². The van der Waals surface area contributed by atoms with E-state index in [9.17, 15) is 20.4 Å². The number of hydrogen-bond donors (Lipinski definition) is 6. The van der Waals surface area contributed by atoms with Crippen molar-refractivity contribution in [1.82, 2.24) is 0 Å². The van der Waals surface area contributed by atoms with Gasteiger partial charge in [0.2, 0.25) is 0 Å². The first-order chi connectivity index (χ1) is 6.96. The summed E-state index contributed by atoms with van der Waals surface area (Å²) in [5, 5.41) is 46.9. The molecule has 7 nitrogen and oxygen atoms in total. The Hall–Kier alpha value is -0.280. The Morgan fingerprint density at radius 1 is 1.20 bits per heavy atom. The third-order valence-electron chi connectivity index (χ3n) is 2.55. The maximum Gasteiger partial charge on any atom is 0.196 e. The maximum absolute atomic E-state index is 9.80. The summed E-state index contributed by atoms with van der Waals surface area (Å²) in [7, 11) is 0. The molecule has 0 aromatic heterocycles. The van der Waals surface area contributed by atoms with Crippen LogP contribution in [0.15, 0.2) is 0 Å². The molecule has 5 atom stereocenters. The van der Waals surface area contributed by atoms with E-state index in [0.717, 1.165) is 0 Å². The lowest BCUT2D eigenvalue weighted by molar-refractivity contribution is -0.350. The molecule has 0 aromatic rings. The van der Waals surface area contributed by atoms with Crippen molar-refractivity contribution in [3.63, 3.8) is 0 Å². The van der Waals surface area contributed by atoms with Crippen molar-refractivity contribution < 1.29 is 30.3 Å². The van der Waals surface area contributed by atoms with Crippen LogP contribution in [0.25, 0.3) is 0 Å². The summed E-state index contributed by atoms with van der Waals surface area (Å²) in [6.45, 7) is -0.535. The molecule has 0 radical (unpaired) electrons. The van der Waals surface area contributed by atoms with Crippen molar-refractivity contribution >= 4 is 0 Å². The van der Waals surface area contributed by atoms with Crippen LogP contribution in [0.3, 0.4) is 0 Å². The van der Waals surface area contributed by atoms with Gasteiger partial charge in [-0.1, -0.05) is 0 Å². The van der Waals surface area contributed by atoms with Crippen molar-refractivity contribution in [3.05, 3.63) is 0 Å². The normalized spacial score (nSPS) is 46.8. The first-order valence-corrected chi connectivity index (χ1v) is 4.71. The molecule has 1 rings (SSSR count). The molecule has 1 aliphatic rings. The molecule has 1 heterocycles. The zero-order valence-corrected chi connectivity index (χ0v) is 8.15. The topological polar surface area (TPSA) is 136 Å². The van der Waals surface area contributed by atoms with E-state index in [1.54, 1.807) is 0 Å². The first-order valence-electron chi connectivity index (χ1n) is 4.71. The molecular weight excluding hydrogens is 206 g/mol. The fraction of sp³-hybridized carbons (Fsp3) is 1.00. The van der Waals surface area contributed by atoms with Gasteiger partial charge in [0, 0.05) is 6.42 Å². The van der Waals surface area contributed by atoms with Gasteiger partial charge in [0.05, 0.1) is 6.61 Å². The number of hydrogen-bond acceptors (Lipinski definition) is 7. The fourth-order valence-electron chi connectivity index (χ4n) is 1.63. The molecular formula is C8H17NO6. The van der Waals surface area contributed by atoms with E-state index in [2.05, 4.69) is 0 Å². The van der Waals surface area contributed by atoms with Crippen molar-refractivity contribution in [2.75, 3.05) is 13.2 Å². The van der Waals surface area contributed by atoms with E-state index >= 15 is 0 Å². The average Bonchev–Trinajstić information content (AvgIpc) is 2.21. The molecule has 1 unspecified atom stereocenters. The van der Waals surface area contributed by atoms with Gasteiger partial charge in [-0.15, -0.1) is 0 Å². The van der Waals surface area contributed by atoms with Gasteiger partial charge in [-0.3, -0.25) is 0 Å². The lowest BCUT2D eigenvalue weighted by Crippen LogP contribution is -2.65. The molecule has 0 amide bonds. The second-order valence-electron chi connectivity index (χ2n) is 3.65. The summed E-state index contributed by atoms with van der Waals surface area (Å²) in [4.78, 5) is 0. The Morgan fingerprint density at radius 2 is 1.80 bits per heavy atom. The van der Waals surface area contributed by atoms with Crippen LogP contribution in [0.4, 0.5) is 0 Å². The largest absolute Gasteiger partial charge is 0.394 e. The van der Waals surface area contributed by atoms with Crippen molar-refractivity contribution in [2.45, 2.75) is 36.6 Å². The summed E-state index contributed by atoms with van der Waals surface area (Å²) in [6.07, 6.45) is -5.91. The quantitative estimate of drug-likeness (QED) is 0.292. The Morgan fingerprint density at radius 3 is 2.27 bits per heavy atom. The zero-order chi connectivity index (χ0) is 11.6. The smallest absolute Gasteiger partial charge is 0.196 e. The average molecular weight is 223 g/mol. The van der Waals surface area contributed by atoms with Crippen LogP contribution < -0.4 is 5.73 Å². The lowest BCUT2D eigenvalue weighted by Gasteiger charge is -2.45. The molecule has 0 aliphatic carbocycles. The van der Waals surface area contributed by atoms with E-state index in [4.69, 9.17) is 15.6 Å². The van der Waals surface area contributed by atoms with Crippen LogP contribution in [-0.2, 0) is 4.74 Å². The Kier molecular flexibility index (Phi) is 4.01. The molecule has 1 aliphatic heterocycles. The van der Waals surface area contributed by atoms with E-state index in [1.165, 1.54) is 0 Å². The molecule has 0 aromatic carbocycles. The van der Waals surface area contributed by atoms with Gasteiger partial charge in [-0.2, -0.15) is 0 Å². The molecule has 7 heteroatoms. The van der Waals surface area contributed by atoms with E-state index < -0.39 is 36.8 Å². The minimum atomic E-state index is -2.03. The summed E-state index contributed by atoms with van der Waals surface area (Å²) >= 11 is 0. The highest BCUT2D eigenvalue weighted by Crippen LogP contribution is 2.30. The Labute approximate surface area is 86.7 Å². The Balaban J connectivity index is 2.82. The minimum absolute atomic E-state index is 0.0362. The highest BCUT2D eigenvalue weighted by molar-refractivity contribution is 4.95. The van der Waals surface area contributed by atoms with Gasteiger partial charge in [-0.25, -0.2) is 0 Å². The van der Waals surface area contributed by atoms with Crippen LogP contribution in [0, 0.1) is 0 Å². The standard InChI is InChI=1S/C8H17NO6/c9-2-1-8(14)7(13)6(12)5(11)4(3-10)15-8/h4-7,10-14H,1-3,9H2/t4-,5-,6+,7-,8?/m1/s1. The molecule has 0 spiro atoms. The maximum atomic E-state index is 9.80. The summed E-state index contributed by atoms with van der Waals surface area (Å²) in [5.74, 6) is -2.03. The van der Waals surface area contributed by atoms with E-state index in [1.807, 2.05) is 0 Å². The van der Waals surface area contributed by atoms with Gasteiger partial charge in [0.15, 0.2) is 5.79 Å². The van der Waals surface area contributed by atoms with Crippen molar-refractivity contribution in [2.24, 2.45) is 5.73 Å². The third kappa shape index (κ3) is 2.28. The van der Waals surface area contributed by atoms with Gasteiger partial charge in [0.25, 0.3) is 0 Å². The predicted molar refractivity (Wildman–Crippen MR) is 48.6 cm³/mol. The molecule has 7 N–H and O–H groups in total. The minimum Gasteiger partial charge on any atom is -0.394 e. The molecule has 0 saturated carbocycles. The van der Waals surface area contributed by atoms with Gasteiger partial charge < -0.3 is 36.0 Å². The summed E-state index contributed by atoms with van der Waals surface area (Å²) in [5.41, 5.74) is 5.22. The number of nitrogens with two attached hydrogens (primary N) is 1. The number of rotatable bonds is 3. The third-order valence-corrected chi connectivity index (χ3v) is 2.55. The Bertz CT molecular complexity index is 213. The second kappa shape index (κ2) is 4.71. The van der Waals surface area contributed by atoms with Crippen LogP contribution in [-0.4, -0.2) is 68.9 Å². The number of aliphatic hydroxyl groups is 5. The summed E-state index contributed by atoms with van der Waals surface area (Å²) in [6, 6.07) is 0. The number of ether oxygens (including phenoxy) is 1. The van der Waals surface area contributed by atoms with Gasteiger partial charge >= 0.3 is 0 Å². The lowest BCUT2D eigenvalue weighted by atomic mass is 9.91. The van der Waals surface area contributed by atoms with Gasteiger partial charge in [0.1, 0.15) is 24.4 Å². The van der Waals surface area contributed by atoms with E-state index in [-0.39, 0.29) is 13.0 Å². The highest BCUT2D eigenvalue weighted by atomic mass is 16.7. The molecule has 1 saturated heterocycles. The highest BCUT2D eigenvalue weighted by Gasteiger charge is 2.51. The zero-order valence-electron chi connectivity index (χ0n) is 8.15. The molecule has 15 heavy (non-hydrogen) atoms. The second-order valence-corrected chi connectivity index (χ2v) is 3.65. The fourth-order valence-corrected chi connectivity index (χ4v) is 1.63.